The van der Waals surface area contributed by atoms with Crippen LogP contribution >= 0.6 is 23.2 Å². The summed E-state index contributed by atoms with van der Waals surface area (Å²) >= 11 is 9.79. The molecule has 3 aromatic rings. The number of pyridine rings is 1. The fraction of sp³-hybridized carbons (Fsp3) is 0.487. The summed E-state index contributed by atoms with van der Waals surface area (Å²) in [4.78, 5) is 40.1. The van der Waals surface area contributed by atoms with Crippen molar-refractivity contribution in [2.45, 2.75) is 90.6 Å². The number of benzene rings is 2. The van der Waals surface area contributed by atoms with Gasteiger partial charge in [-0.1, -0.05) is 29.3 Å². The molecule has 14 nitrogen and oxygen atoms in total. The highest BCUT2D eigenvalue weighted by molar-refractivity contribution is 7.80. The number of anilines is 1. The van der Waals surface area contributed by atoms with Gasteiger partial charge in [0.1, 0.15) is 34.0 Å². The number of hydrogen-bond donors (Lipinski definition) is 0. The fourth-order valence-corrected chi connectivity index (χ4v) is 6.55. The van der Waals surface area contributed by atoms with Gasteiger partial charge in [-0.3, -0.25) is 13.3 Å². The molecule has 0 amide bonds. The predicted molar refractivity (Wildman–Crippen MR) is 206 cm³/mol. The first-order chi connectivity index (χ1) is 27.2. The lowest BCUT2D eigenvalue weighted by Gasteiger charge is -2.29. The molecule has 2 atom stereocenters. The van der Waals surface area contributed by atoms with Crippen LogP contribution in [0.1, 0.15) is 87.9 Å². The lowest BCUT2D eigenvalue weighted by atomic mass is 10.0. The summed E-state index contributed by atoms with van der Waals surface area (Å²) in [7, 11) is 0. The SMILES string of the molecule is CC(C)(C)OC(=O)CN(c1ccc(C(=O)OC(C)(C)C(=O)O[C@@H](Cc2c(Cl)c[n+]([O-])cc2Cl)c2ccc(OC(F)F)c(OCC3CC3)c2)cc1OCC1CC1)S(=O)[O-]. The molecule has 1 aromatic heterocycles. The van der Waals surface area contributed by atoms with Gasteiger partial charge in [-0.25, -0.2) is 9.59 Å². The summed E-state index contributed by atoms with van der Waals surface area (Å²) in [6.07, 6.45) is 4.26. The number of hydrogen-bond acceptors (Lipinski definition) is 12. The van der Waals surface area contributed by atoms with E-state index in [4.69, 9.17) is 46.9 Å². The van der Waals surface area contributed by atoms with E-state index >= 15 is 0 Å². The lowest BCUT2D eigenvalue weighted by molar-refractivity contribution is -0.605. The van der Waals surface area contributed by atoms with E-state index in [1.54, 1.807) is 20.8 Å². The molecule has 0 bridgehead atoms. The van der Waals surface area contributed by atoms with Gasteiger partial charge in [0.25, 0.3) is 0 Å². The minimum absolute atomic E-state index is 0.0345. The van der Waals surface area contributed by atoms with Crippen LogP contribution in [-0.2, 0) is 41.5 Å². The second-order valence-corrected chi connectivity index (χ2v) is 17.1. The minimum Gasteiger partial charge on any atom is -0.755 e. The quantitative estimate of drug-likeness (QED) is 0.0390. The van der Waals surface area contributed by atoms with E-state index in [2.05, 4.69) is 4.74 Å². The summed E-state index contributed by atoms with van der Waals surface area (Å²) < 4.78 is 85.7. The standard InChI is InChI=1S/C39H44Cl2F2N2O12S/c1-38(2,3)56-34(46)19-45(58(50)51)29-12-10-25(15-32(29)52-20-22-6-7-22)35(47)57-39(4,5)36(48)54-31(16-26-27(40)17-44(49)18-28(26)41)24-11-13-30(55-37(42)43)33(14-24)53-21-23-8-9-23/h10-15,17-18,22-23,31,37H,6-9,16,19-21H2,1-5H3,(H,50,51)/p-1/t31-/m0/s1. The van der Waals surface area contributed by atoms with Gasteiger partial charge in [-0.05, 0) is 108 Å². The van der Waals surface area contributed by atoms with Crippen LogP contribution < -0.4 is 23.2 Å². The van der Waals surface area contributed by atoms with Crippen LogP contribution in [-0.4, -0.2) is 64.2 Å². The third-order valence-electron chi connectivity index (χ3n) is 8.77. The molecule has 2 fully saturated rings. The predicted octanol–water partition coefficient (Wildman–Crippen LogP) is 7.21. The van der Waals surface area contributed by atoms with E-state index in [0.717, 1.165) is 42.4 Å². The van der Waals surface area contributed by atoms with Crippen LogP contribution in [0.3, 0.4) is 0 Å². The smallest absolute Gasteiger partial charge is 0.387 e. The van der Waals surface area contributed by atoms with E-state index in [1.807, 2.05) is 0 Å². The molecule has 5 rings (SSSR count). The number of nitrogens with zero attached hydrogens (tertiary/aromatic N) is 2. The number of halogens is 4. The molecule has 2 aliphatic carbocycles. The van der Waals surface area contributed by atoms with Crippen molar-refractivity contribution in [1.82, 2.24) is 0 Å². The van der Waals surface area contributed by atoms with Crippen molar-refractivity contribution in [3.05, 3.63) is 80.7 Å². The van der Waals surface area contributed by atoms with Crippen molar-refractivity contribution in [2.75, 3.05) is 24.1 Å². The summed E-state index contributed by atoms with van der Waals surface area (Å²) in [6.45, 7) is 4.08. The molecule has 19 heteroatoms. The second-order valence-electron chi connectivity index (χ2n) is 15.4. The molecule has 2 aliphatic rings. The van der Waals surface area contributed by atoms with Crippen molar-refractivity contribution in [2.24, 2.45) is 11.8 Å². The highest BCUT2D eigenvalue weighted by Crippen LogP contribution is 2.39. The zero-order valence-corrected chi connectivity index (χ0v) is 34.6. The van der Waals surface area contributed by atoms with Gasteiger partial charge in [0.2, 0.25) is 5.60 Å². The van der Waals surface area contributed by atoms with Crippen LogP contribution in [0.4, 0.5) is 14.5 Å². The molecule has 0 spiro atoms. The summed E-state index contributed by atoms with van der Waals surface area (Å²) in [5.41, 5.74) is -2.56. The van der Waals surface area contributed by atoms with Crippen molar-refractivity contribution in [3.63, 3.8) is 0 Å². The van der Waals surface area contributed by atoms with Crippen LogP contribution in [0.5, 0.6) is 17.2 Å². The number of esters is 3. The number of aromatic nitrogens is 1. The van der Waals surface area contributed by atoms with Crippen LogP contribution in [0.25, 0.3) is 0 Å². The van der Waals surface area contributed by atoms with Crippen LogP contribution in [0.2, 0.25) is 10.0 Å². The number of ether oxygens (including phenoxy) is 6. The Bertz CT molecular complexity index is 2000. The molecule has 0 N–H and O–H groups in total. The average molecular weight is 873 g/mol. The Balaban J connectivity index is 1.41. The fourth-order valence-electron chi connectivity index (χ4n) is 5.43. The molecule has 0 saturated heterocycles. The van der Waals surface area contributed by atoms with Gasteiger partial charge >= 0.3 is 24.5 Å². The van der Waals surface area contributed by atoms with E-state index < -0.39 is 59.6 Å². The lowest BCUT2D eigenvalue weighted by Crippen LogP contribution is -2.39. The highest BCUT2D eigenvalue weighted by Gasteiger charge is 2.38. The van der Waals surface area contributed by atoms with Crippen molar-refractivity contribution in [3.8, 4) is 17.2 Å². The first-order valence-electron chi connectivity index (χ1n) is 18.3. The molecule has 316 valence electrons. The Morgan fingerprint density at radius 3 is 2.05 bits per heavy atom. The summed E-state index contributed by atoms with van der Waals surface area (Å²) in [6, 6.07) is 7.74. The molecular formula is C39H43Cl2F2N2O12S-. The maximum atomic E-state index is 13.9. The van der Waals surface area contributed by atoms with Crippen molar-refractivity contribution < 1.29 is 65.1 Å². The monoisotopic (exact) mass is 871 g/mol. The topological polar surface area (TPSA) is 177 Å². The number of carbonyl (C=O) groups excluding carboxylic acids is 3. The Morgan fingerprint density at radius 2 is 1.50 bits per heavy atom. The molecule has 2 saturated carbocycles. The number of carbonyl (C=O) groups is 3. The van der Waals surface area contributed by atoms with E-state index in [1.165, 1.54) is 50.2 Å². The van der Waals surface area contributed by atoms with Gasteiger partial charge in [0.15, 0.2) is 23.9 Å². The Morgan fingerprint density at radius 1 is 0.897 bits per heavy atom. The minimum atomic E-state index is -3.15. The van der Waals surface area contributed by atoms with E-state index in [9.17, 15) is 37.1 Å². The van der Waals surface area contributed by atoms with Crippen molar-refractivity contribution >= 4 is 58.1 Å². The maximum absolute atomic E-state index is 13.9. The van der Waals surface area contributed by atoms with Crippen LogP contribution in [0.15, 0.2) is 48.8 Å². The maximum Gasteiger partial charge on any atom is 0.387 e. The largest absolute Gasteiger partial charge is 0.755 e. The average Bonchev–Trinajstić information content (AvgIpc) is 4.05. The number of alkyl halides is 2. The zero-order chi connectivity index (χ0) is 42.5. The molecule has 2 aromatic carbocycles. The van der Waals surface area contributed by atoms with Crippen LogP contribution in [0, 0.1) is 17.0 Å². The Hall–Kier alpha value is -4.45. The van der Waals surface area contributed by atoms with Gasteiger partial charge in [-0.2, -0.15) is 13.5 Å². The molecule has 1 heterocycles. The van der Waals surface area contributed by atoms with E-state index in [0.29, 0.717) is 4.73 Å². The first kappa shape index (κ1) is 44.6. The van der Waals surface area contributed by atoms with Crippen molar-refractivity contribution in [1.29, 1.82) is 0 Å². The summed E-state index contributed by atoms with van der Waals surface area (Å²) in [5.74, 6) is -2.73. The van der Waals surface area contributed by atoms with Gasteiger partial charge in [0, 0.05) is 23.3 Å². The third-order valence-corrected chi connectivity index (χ3v) is 10.1. The summed E-state index contributed by atoms with van der Waals surface area (Å²) in [5, 5.41) is 11.9. The normalized spacial score (nSPS) is 15.3. The Kier molecular flexibility index (Phi) is 14.4. The Labute approximate surface area is 346 Å². The number of rotatable bonds is 19. The second kappa shape index (κ2) is 18.6. The molecule has 1 unspecified atom stereocenters. The molecule has 0 aliphatic heterocycles. The molecule has 58 heavy (non-hydrogen) atoms. The molecular weight excluding hydrogens is 829 g/mol. The highest BCUT2D eigenvalue weighted by atomic mass is 35.5. The third kappa shape index (κ3) is 12.8. The van der Waals surface area contributed by atoms with E-state index in [-0.39, 0.29) is 81.1 Å². The molecule has 0 radical (unpaired) electrons. The zero-order valence-electron chi connectivity index (χ0n) is 32.3. The first-order valence-corrected chi connectivity index (χ1v) is 20.1. The van der Waals surface area contributed by atoms with Gasteiger partial charge in [-0.15, -0.1) is 0 Å². The van der Waals surface area contributed by atoms with Gasteiger partial charge < -0.3 is 38.2 Å². The van der Waals surface area contributed by atoms with Gasteiger partial charge in [0.05, 0.1) is 24.5 Å².